The van der Waals surface area contributed by atoms with Gasteiger partial charge < -0.3 is 14.6 Å². The molecule has 32 heavy (non-hydrogen) atoms. The second-order valence-corrected chi connectivity index (χ2v) is 8.40. The number of methoxy groups -OCH3 is 1. The quantitative estimate of drug-likeness (QED) is 0.427. The highest BCUT2D eigenvalue weighted by atomic mass is 32.2. The average molecular weight is 455 g/mol. The summed E-state index contributed by atoms with van der Waals surface area (Å²) in [5.41, 5.74) is 2.31. The summed E-state index contributed by atoms with van der Waals surface area (Å²) in [5, 5.41) is 6.73. The van der Waals surface area contributed by atoms with Gasteiger partial charge in [0.25, 0.3) is 10.0 Å². The number of anilines is 3. The third-order valence-electron chi connectivity index (χ3n) is 4.41. The summed E-state index contributed by atoms with van der Waals surface area (Å²) in [4.78, 5) is 8.45. The number of sulfonamides is 1. The first kappa shape index (κ1) is 21.2. The minimum absolute atomic E-state index is 0.0365. The summed E-state index contributed by atoms with van der Waals surface area (Å²) >= 11 is 0. The van der Waals surface area contributed by atoms with Crippen molar-refractivity contribution in [2.45, 2.75) is 11.8 Å². The van der Waals surface area contributed by atoms with Crippen LogP contribution in [0.1, 0.15) is 5.69 Å². The van der Waals surface area contributed by atoms with Crippen molar-refractivity contribution in [3.05, 3.63) is 72.4 Å². The van der Waals surface area contributed by atoms with Crippen molar-refractivity contribution in [2.75, 3.05) is 17.1 Å². The van der Waals surface area contributed by atoms with Crippen LogP contribution in [0.3, 0.4) is 0 Å². The number of halogens is 1. The van der Waals surface area contributed by atoms with Crippen molar-refractivity contribution < 1.29 is 22.1 Å². The first-order valence-electron chi connectivity index (χ1n) is 9.33. The minimum atomic E-state index is -3.83. The largest absolute Gasteiger partial charge is 0.496 e. The molecule has 4 aromatic rings. The molecule has 0 saturated heterocycles. The molecule has 0 bridgehead atoms. The highest BCUT2D eigenvalue weighted by Crippen LogP contribution is 2.30. The number of nitrogens with zero attached hydrogens (tertiary/aromatic N) is 3. The minimum Gasteiger partial charge on any atom is -0.496 e. The molecule has 0 atom stereocenters. The molecule has 0 aliphatic rings. The molecule has 9 nitrogen and oxygen atoms in total. The lowest BCUT2D eigenvalue weighted by molar-refractivity contribution is 0.413. The van der Waals surface area contributed by atoms with Gasteiger partial charge in [0, 0.05) is 29.4 Å². The van der Waals surface area contributed by atoms with Gasteiger partial charge in [-0.3, -0.25) is 0 Å². The van der Waals surface area contributed by atoms with Crippen molar-refractivity contribution in [3.63, 3.8) is 0 Å². The molecule has 2 heterocycles. The number of hydrogen-bond donors (Lipinski definition) is 2. The van der Waals surface area contributed by atoms with E-state index in [1.54, 1.807) is 31.2 Å². The lowest BCUT2D eigenvalue weighted by Crippen LogP contribution is -2.12. The van der Waals surface area contributed by atoms with Crippen molar-refractivity contribution in [2.24, 2.45) is 0 Å². The Hall–Kier alpha value is -3.99. The second-order valence-electron chi connectivity index (χ2n) is 6.72. The van der Waals surface area contributed by atoms with Crippen LogP contribution < -0.4 is 14.8 Å². The van der Waals surface area contributed by atoms with E-state index in [1.165, 1.54) is 43.8 Å². The van der Waals surface area contributed by atoms with Gasteiger partial charge >= 0.3 is 0 Å². The third kappa shape index (κ3) is 4.67. The maximum atomic E-state index is 13.5. The smallest absolute Gasteiger partial charge is 0.264 e. The monoisotopic (exact) mass is 455 g/mol. The van der Waals surface area contributed by atoms with Gasteiger partial charge in [0.15, 0.2) is 0 Å². The summed E-state index contributed by atoms with van der Waals surface area (Å²) in [7, 11) is -2.37. The highest BCUT2D eigenvalue weighted by molar-refractivity contribution is 7.92. The Bertz CT molecular complexity index is 1360. The van der Waals surface area contributed by atoms with Crippen LogP contribution in [0.2, 0.25) is 0 Å². The van der Waals surface area contributed by atoms with Gasteiger partial charge in [-0.2, -0.15) is 0 Å². The van der Waals surface area contributed by atoms with Gasteiger partial charge in [0.05, 0.1) is 23.4 Å². The molecule has 2 aromatic heterocycles. The molecule has 0 aliphatic carbocycles. The van der Waals surface area contributed by atoms with Crippen LogP contribution in [-0.2, 0) is 10.0 Å². The Morgan fingerprint density at radius 3 is 2.50 bits per heavy atom. The first-order valence-corrected chi connectivity index (χ1v) is 10.8. The predicted octanol–water partition coefficient (Wildman–Crippen LogP) is 4.13. The van der Waals surface area contributed by atoms with Crippen molar-refractivity contribution in [3.8, 4) is 17.0 Å². The maximum absolute atomic E-state index is 13.5. The average Bonchev–Trinajstić information content (AvgIpc) is 3.18. The molecule has 2 N–H and O–H groups in total. The van der Waals surface area contributed by atoms with E-state index in [9.17, 15) is 12.8 Å². The molecule has 0 radical (unpaired) electrons. The SMILES string of the molecule is COc1cc(F)ccc1-c1cc(Nc2ccc(S(=O)(=O)Nc3cc(C)no3)cc2)ncn1. The molecule has 0 unspecified atom stereocenters. The topological polar surface area (TPSA) is 119 Å². The fraction of sp³-hybridized carbons (Fsp3) is 0.0952. The lowest BCUT2D eigenvalue weighted by Gasteiger charge is -2.10. The standard InChI is InChI=1S/C21H18FN5O4S/c1-13-9-21(31-26-13)27-32(28,29)16-6-4-15(5-7-16)25-20-11-18(23-12-24-20)17-8-3-14(22)10-19(17)30-2/h3-12,27H,1-2H3,(H,23,24,25). The summed E-state index contributed by atoms with van der Waals surface area (Å²) in [5.74, 6) is 0.432. The van der Waals surface area contributed by atoms with Gasteiger partial charge in [-0.25, -0.2) is 27.5 Å². The molecule has 0 aliphatic heterocycles. The number of nitrogens with one attached hydrogen (secondary N) is 2. The van der Waals surface area contributed by atoms with E-state index in [-0.39, 0.29) is 10.8 Å². The van der Waals surface area contributed by atoms with Crippen molar-refractivity contribution >= 4 is 27.4 Å². The number of aromatic nitrogens is 3. The van der Waals surface area contributed by atoms with Gasteiger partial charge in [-0.15, -0.1) is 0 Å². The molecule has 0 amide bonds. The summed E-state index contributed by atoms with van der Waals surface area (Å²) in [6.45, 7) is 1.69. The van der Waals surface area contributed by atoms with Crippen molar-refractivity contribution in [1.82, 2.24) is 15.1 Å². The van der Waals surface area contributed by atoms with Gasteiger partial charge in [0.1, 0.15) is 23.7 Å². The van der Waals surface area contributed by atoms with E-state index in [4.69, 9.17) is 9.26 Å². The molecule has 164 valence electrons. The maximum Gasteiger partial charge on any atom is 0.264 e. The highest BCUT2D eigenvalue weighted by Gasteiger charge is 2.16. The van der Waals surface area contributed by atoms with Crippen LogP contribution in [0.5, 0.6) is 5.75 Å². The number of ether oxygens (including phenoxy) is 1. The third-order valence-corrected chi connectivity index (χ3v) is 5.77. The Labute approximate surface area is 183 Å². The molecule has 2 aromatic carbocycles. The number of benzene rings is 2. The van der Waals surface area contributed by atoms with E-state index >= 15 is 0 Å². The Morgan fingerprint density at radius 1 is 1.03 bits per heavy atom. The van der Waals surface area contributed by atoms with Crippen molar-refractivity contribution in [1.29, 1.82) is 0 Å². The van der Waals surface area contributed by atoms with E-state index < -0.39 is 15.8 Å². The zero-order valence-corrected chi connectivity index (χ0v) is 17.9. The first-order chi connectivity index (χ1) is 15.3. The Balaban J connectivity index is 1.52. The van der Waals surface area contributed by atoms with E-state index in [1.807, 2.05) is 0 Å². The van der Waals surface area contributed by atoms with Crippen LogP contribution in [0.4, 0.5) is 21.8 Å². The van der Waals surface area contributed by atoms with Crippen LogP contribution in [-0.4, -0.2) is 30.7 Å². The number of rotatable bonds is 7. The summed E-state index contributed by atoms with van der Waals surface area (Å²) in [6, 6.07) is 13.4. The molecular formula is C21H18FN5O4S. The number of aryl methyl sites for hydroxylation is 1. The van der Waals surface area contributed by atoms with Crippen LogP contribution in [0, 0.1) is 12.7 Å². The molecule has 0 spiro atoms. The van der Waals surface area contributed by atoms with Gasteiger partial charge in [-0.05, 0) is 43.3 Å². The van der Waals surface area contributed by atoms with Gasteiger partial charge in [0.2, 0.25) is 5.88 Å². The normalized spacial score (nSPS) is 11.2. The summed E-state index contributed by atoms with van der Waals surface area (Å²) in [6.07, 6.45) is 1.36. The molecule has 0 fully saturated rings. The summed E-state index contributed by atoms with van der Waals surface area (Å²) < 4.78 is 50.9. The molecule has 11 heteroatoms. The van der Waals surface area contributed by atoms with Gasteiger partial charge in [-0.1, -0.05) is 5.16 Å². The fourth-order valence-electron chi connectivity index (χ4n) is 2.92. The van der Waals surface area contributed by atoms with E-state index in [0.717, 1.165) is 0 Å². The number of hydrogen-bond acceptors (Lipinski definition) is 8. The van der Waals surface area contributed by atoms with E-state index in [2.05, 4.69) is 25.2 Å². The molecular weight excluding hydrogens is 437 g/mol. The van der Waals surface area contributed by atoms with Crippen LogP contribution in [0.15, 0.2) is 70.3 Å². The molecule has 0 saturated carbocycles. The van der Waals surface area contributed by atoms with E-state index in [0.29, 0.717) is 34.2 Å². The Morgan fingerprint density at radius 2 is 1.81 bits per heavy atom. The predicted molar refractivity (Wildman–Crippen MR) is 116 cm³/mol. The zero-order chi connectivity index (χ0) is 22.7. The lowest BCUT2D eigenvalue weighted by atomic mass is 10.1. The van der Waals surface area contributed by atoms with Crippen LogP contribution in [0.25, 0.3) is 11.3 Å². The fourth-order valence-corrected chi connectivity index (χ4v) is 3.89. The molecule has 4 rings (SSSR count). The van der Waals surface area contributed by atoms with Crippen LogP contribution >= 0.6 is 0 Å². The second kappa shape index (κ2) is 8.63. The zero-order valence-electron chi connectivity index (χ0n) is 17.0. The Kier molecular flexibility index (Phi) is 5.73.